The molecule has 0 N–H and O–H groups in total. The summed E-state index contributed by atoms with van der Waals surface area (Å²) in [6, 6.07) is 0. The second kappa shape index (κ2) is 7.20. The van der Waals surface area contributed by atoms with Gasteiger partial charge in [0.05, 0.1) is 19.3 Å². The SMILES string of the molecule is C=CCOC[C@@]12CCCO[C@H]1CCN(C(=O)COC)C2. The van der Waals surface area contributed by atoms with Crippen LogP contribution in [0.25, 0.3) is 0 Å². The van der Waals surface area contributed by atoms with E-state index >= 15 is 0 Å². The molecule has 5 nitrogen and oxygen atoms in total. The van der Waals surface area contributed by atoms with E-state index in [1.165, 1.54) is 0 Å². The number of ether oxygens (including phenoxy) is 3. The zero-order valence-corrected chi connectivity index (χ0v) is 12.3. The quantitative estimate of drug-likeness (QED) is 0.543. The average molecular weight is 283 g/mol. The van der Waals surface area contributed by atoms with E-state index in [1.54, 1.807) is 13.2 Å². The first-order valence-corrected chi connectivity index (χ1v) is 7.29. The summed E-state index contributed by atoms with van der Waals surface area (Å²) in [6.45, 7) is 7.26. The molecule has 20 heavy (non-hydrogen) atoms. The van der Waals surface area contributed by atoms with Gasteiger partial charge in [0.15, 0.2) is 0 Å². The van der Waals surface area contributed by atoms with E-state index in [0.717, 1.165) is 32.4 Å². The van der Waals surface area contributed by atoms with Crippen molar-refractivity contribution >= 4 is 5.91 Å². The molecule has 2 saturated heterocycles. The van der Waals surface area contributed by atoms with Crippen molar-refractivity contribution in [2.45, 2.75) is 25.4 Å². The van der Waals surface area contributed by atoms with Crippen LogP contribution in [0.15, 0.2) is 12.7 Å². The topological polar surface area (TPSA) is 48.0 Å². The highest BCUT2D eigenvalue weighted by Crippen LogP contribution is 2.40. The number of hydrogen-bond acceptors (Lipinski definition) is 4. The molecule has 0 radical (unpaired) electrons. The van der Waals surface area contributed by atoms with E-state index in [1.807, 2.05) is 4.90 Å². The van der Waals surface area contributed by atoms with Crippen molar-refractivity contribution in [2.75, 3.05) is 46.6 Å². The fraction of sp³-hybridized carbons (Fsp3) is 0.800. The van der Waals surface area contributed by atoms with Crippen LogP contribution in [0, 0.1) is 5.41 Å². The van der Waals surface area contributed by atoms with Crippen LogP contribution in [0.1, 0.15) is 19.3 Å². The van der Waals surface area contributed by atoms with Crippen molar-refractivity contribution < 1.29 is 19.0 Å². The summed E-state index contributed by atoms with van der Waals surface area (Å²) in [5.41, 5.74) is -0.0666. The number of likely N-dealkylation sites (tertiary alicyclic amines) is 1. The minimum absolute atomic E-state index is 0.0552. The van der Waals surface area contributed by atoms with Gasteiger partial charge in [-0.3, -0.25) is 4.79 Å². The zero-order valence-electron chi connectivity index (χ0n) is 12.3. The van der Waals surface area contributed by atoms with Gasteiger partial charge in [-0.15, -0.1) is 6.58 Å². The van der Waals surface area contributed by atoms with Crippen LogP contribution in [-0.4, -0.2) is 63.5 Å². The monoisotopic (exact) mass is 283 g/mol. The van der Waals surface area contributed by atoms with Gasteiger partial charge in [-0.25, -0.2) is 0 Å². The van der Waals surface area contributed by atoms with Gasteiger partial charge in [0.25, 0.3) is 0 Å². The lowest BCUT2D eigenvalue weighted by Crippen LogP contribution is -2.58. The molecule has 2 aliphatic heterocycles. The van der Waals surface area contributed by atoms with Gasteiger partial charge in [-0.2, -0.15) is 0 Å². The molecule has 0 aromatic heterocycles. The van der Waals surface area contributed by atoms with Crippen molar-refractivity contribution in [3.8, 4) is 0 Å². The first-order valence-electron chi connectivity index (χ1n) is 7.29. The summed E-state index contributed by atoms with van der Waals surface area (Å²) >= 11 is 0. The van der Waals surface area contributed by atoms with Crippen molar-refractivity contribution in [2.24, 2.45) is 5.41 Å². The van der Waals surface area contributed by atoms with Crippen LogP contribution in [0.4, 0.5) is 0 Å². The standard InChI is InChI=1S/C15H25NO4/c1-3-8-19-12-15-6-4-9-20-13(15)5-7-16(11-15)14(17)10-18-2/h3,13H,1,4-12H2,2H3/t13-,15-/m0/s1. The van der Waals surface area contributed by atoms with Gasteiger partial charge in [0, 0.05) is 32.2 Å². The number of piperidine rings is 1. The lowest BCUT2D eigenvalue weighted by atomic mass is 9.73. The maximum atomic E-state index is 12.0. The molecule has 0 bridgehead atoms. The Kier molecular flexibility index (Phi) is 5.57. The highest BCUT2D eigenvalue weighted by atomic mass is 16.5. The number of hydrogen-bond donors (Lipinski definition) is 0. The van der Waals surface area contributed by atoms with Gasteiger partial charge < -0.3 is 19.1 Å². The van der Waals surface area contributed by atoms with Gasteiger partial charge >= 0.3 is 0 Å². The smallest absolute Gasteiger partial charge is 0.248 e. The third-order valence-electron chi connectivity index (χ3n) is 4.23. The fourth-order valence-corrected chi connectivity index (χ4v) is 3.27. The summed E-state index contributed by atoms with van der Waals surface area (Å²) in [5, 5.41) is 0. The van der Waals surface area contributed by atoms with Crippen LogP contribution in [0.2, 0.25) is 0 Å². The van der Waals surface area contributed by atoms with E-state index in [4.69, 9.17) is 14.2 Å². The van der Waals surface area contributed by atoms with E-state index in [2.05, 4.69) is 6.58 Å². The van der Waals surface area contributed by atoms with Crippen molar-refractivity contribution in [3.63, 3.8) is 0 Å². The summed E-state index contributed by atoms with van der Waals surface area (Å²) in [7, 11) is 1.55. The first-order chi connectivity index (χ1) is 9.72. The Morgan fingerprint density at radius 1 is 1.60 bits per heavy atom. The molecule has 2 heterocycles. The Hall–Kier alpha value is -0.910. The summed E-state index contributed by atoms with van der Waals surface area (Å²) in [4.78, 5) is 13.9. The predicted molar refractivity (Wildman–Crippen MR) is 75.5 cm³/mol. The molecular weight excluding hydrogens is 258 g/mol. The summed E-state index contributed by atoms with van der Waals surface area (Å²) < 4.78 is 16.6. The number of carbonyl (C=O) groups excluding carboxylic acids is 1. The molecule has 0 spiro atoms. The van der Waals surface area contributed by atoms with E-state index in [0.29, 0.717) is 19.8 Å². The summed E-state index contributed by atoms with van der Waals surface area (Å²) in [6.07, 6.45) is 4.91. The van der Waals surface area contributed by atoms with Crippen LogP contribution < -0.4 is 0 Å². The number of nitrogens with zero attached hydrogens (tertiary/aromatic N) is 1. The van der Waals surface area contributed by atoms with Crippen LogP contribution in [-0.2, 0) is 19.0 Å². The Morgan fingerprint density at radius 2 is 2.45 bits per heavy atom. The molecule has 1 amide bonds. The molecule has 0 unspecified atom stereocenters. The Labute approximate surface area is 120 Å². The molecule has 0 aromatic rings. The number of methoxy groups -OCH3 is 1. The minimum atomic E-state index is -0.0666. The maximum Gasteiger partial charge on any atom is 0.248 e. The number of rotatable bonds is 6. The summed E-state index contributed by atoms with van der Waals surface area (Å²) in [5.74, 6) is 0.0552. The normalized spacial score (nSPS) is 29.9. The molecule has 2 aliphatic rings. The van der Waals surface area contributed by atoms with Crippen LogP contribution in [0.5, 0.6) is 0 Å². The fourth-order valence-electron chi connectivity index (χ4n) is 3.27. The molecule has 2 rings (SSSR count). The van der Waals surface area contributed by atoms with Gasteiger partial charge in [-0.05, 0) is 19.3 Å². The Morgan fingerprint density at radius 3 is 3.20 bits per heavy atom. The first kappa shape index (κ1) is 15.5. The van der Waals surface area contributed by atoms with E-state index in [9.17, 15) is 4.79 Å². The van der Waals surface area contributed by atoms with Gasteiger partial charge in [-0.1, -0.05) is 6.08 Å². The van der Waals surface area contributed by atoms with E-state index < -0.39 is 0 Å². The molecule has 114 valence electrons. The molecule has 0 aromatic carbocycles. The van der Waals surface area contributed by atoms with E-state index in [-0.39, 0.29) is 24.0 Å². The molecule has 0 saturated carbocycles. The predicted octanol–water partition coefficient (Wildman–Crippen LogP) is 1.23. The molecular formula is C15H25NO4. The minimum Gasteiger partial charge on any atom is -0.377 e. The highest BCUT2D eigenvalue weighted by molar-refractivity contribution is 5.77. The second-order valence-corrected chi connectivity index (χ2v) is 5.67. The second-order valence-electron chi connectivity index (χ2n) is 5.67. The molecule has 5 heteroatoms. The Balaban J connectivity index is 2.03. The number of fused-ring (bicyclic) bond motifs is 1. The number of carbonyl (C=O) groups is 1. The zero-order chi connectivity index (χ0) is 14.4. The van der Waals surface area contributed by atoms with Gasteiger partial charge in [0.2, 0.25) is 5.91 Å². The largest absolute Gasteiger partial charge is 0.377 e. The van der Waals surface area contributed by atoms with Crippen molar-refractivity contribution in [1.29, 1.82) is 0 Å². The molecule has 0 aliphatic carbocycles. The lowest BCUT2D eigenvalue weighted by molar-refractivity contribution is -0.165. The van der Waals surface area contributed by atoms with Gasteiger partial charge in [0.1, 0.15) is 6.61 Å². The number of amides is 1. The van der Waals surface area contributed by atoms with Crippen LogP contribution in [0.3, 0.4) is 0 Å². The van der Waals surface area contributed by atoms with Crippen molar-refractivity contribution in [3.05, 3.63) is 12.7 Å². The Bertz CT molecular complexity index is 347. The van der Waals surface area contributed by atoms with Crippen molar-refractivity contribution in [1.82, 2.24) is 4.90 Å². The third kappa shape index (κ3) is 3.40. The molecule has 2 fully saturated rings. The van der Waals surface area contributed by atoms with Crippen LogP contribution >= 0.6 is 0 Å². The maximum absolute atomic E-state index is 12.0. The lowest BCUT2D eigenvalue weighted by Gasteiger charge is -2.50. The third-order valence-corrected chi connectivity index (χ3v) is 4.23. The molecule has 2 atom stereocenters. The highest BCUT2D eigenvalue weighted by Gasteiger charge is 2.47. The average Bonchev–Trinajstić information content (AvgIpc) is 2.47.